The van der Waals surface area contributed by atoms with Crippen LogP contribution in [0.4, 0.5) is 5.69 Å². The molecule has 29 heavy (non-hydrogen) atoms. The number of rotatable bonds is 7. The quantitative estimate of drug-likeness (QED) is 0.602. The second-order valence-corrected chi connectivity index (χ2v) is 8.17. The Morgan fingerprint density at radius 3 is 2.38 bits per heavy atom. The molecule has 0 radical (unpaired) electrons. The van der Waals surface area contributed by atoms with Gasteiger partial charge in [-0.05, 0) is 49.2 Å². The first kappa shape index (κ1) is 20.7. The molecule has 7 heteroatoms. The lowest BCUT2D eigenvalue weighted by Gasteiger charge is -2.13. The standard InChI is InChI=1S/C22H25N3O3S/c1-15-16(2)29-21(25-11-5-6-12-25)20(15)22(27)28-14-19(26)23-13-17-7-9-18(10-8-17)24(3)4/h5-12H,13-14H2,1-4H3,(H,23,26). The van der Waals surface area contributed by atoms with E-state index in [9.17, 15) is 9.59 Å². The highest BCUT2D eigenvalue weighted by molar-refractivity contribution is 7.15. The summed E-state index contributed by atoms with van der Waals surface area (Å²) in [6.45, 7) is 3.94. The van der Waals surface area contributed by atoms with Crippen molar-refractivity contribution in [2.45, 2.75) is 20.4 Å². The number of ether oxygens (including phenoxy) is 1. The molecule has 0 aliphatic carbocycles. The Kier molecular flexibility index (Phi) is 6.39. The lowest BCUT2D eigenvalue weighted by atomic mass is 10.1. The largest absolute Gasteiger partial charge is 0.452 e. The van der Waals surface area contributed by atoms with Gasteiger partial charge in [0.1, 0.15) is 5.00 Å². The molecule has 1 N–H and O–H groups in total. The third kappa shape index (κ3) is 4.86. The van der Waals surface area contributed by atoms with Crippen molar-refractivity contribution in [3.8, 4) is 5.00 Å². The van der Waals surface area contributed by atoms with Crippen LogP contribution in [0.15, 0.2) is 48.8 Å². The minimum absolute atomic E-state index is 0.311. The van der Waals surface area contributed by atoms with Gasteiger partial charge in [0.15, 0.2) is 6.61 Å². The predicted molar refractivity (Wildman–Crippen MR) is 116 cm³/mol. The van der Waals surface area contributed by atoms with Gasteiger partial charge < -0.3 is 19.5 Å². The maximum absolute atomic E-state index is 12.7. The number of amides is 1. The molecule has 3 aromatic rings. The van der Waals surface area contributed by atoms with Gasteiger partial charge in [-0.2, -0.15) is 0 Å². The molecular formula is C22H25N3O3S. The van der Waals surface area contributed by atoms with E-state index in [1.807, 2.05) is 86.2 Å². The van der Waals surface area contributed by atoms with Crippen molar-refractivity contribution in [3.63, 3.8) is 0 Å². The summed E-state index contributed by atoms with van der Waals surface area (Å²) in [4.78, 5) is 27.9. The molecule has 0 fully saturated rings. The minimum atomic E-state index is -0.485. The van der Waals surface area contributed by atoms with Crippen molar-refractivity contribution < 1.29 is 14.3 Å². The smallest absolute Gasteiger partial charge is 0.341 e. The van der Waals surface area contributed by atoms with Crippen LogP contribution in [0.25, 0.3) is 5.00 Å². The first-order chi connectivity index (χ1) is 13.9. The molecule has 0 unspecified atom stereocenters. The third-order valence-corrected chi connectivity index (χ3v) is 5.91. The molecule has 3 rings (SSSR count). The number of thiophene rings is 1. The molecule has 1 aromatic carbocycles. The second-order valence-electron chi connectivity index (χ2n) is 6.97. The number of hydrogen-bond acceptors (Lipinski definition) is 5. The van der Waals surface area contributed by atoms with Crippen LogP contribution in [0.1, 0.15) is 26.4 Å². The van der Waals surface area contributed by atoms with Gasteiger partial charge in [-0.15, -0.1) is 11.3 Å². The van der Waals surface area contributed by atoms with E-state index in [0.717, 1.165) is 26.7 Å². The van der Waals surface area contributed by atoms with E-state index >= 15 is 0 Å². The van der Waals surface area contributed by atoms with E-state index in [4.69, 9.17) is 4.74 Å². The van der Waals surface area contributed by atoms with Gasteiger partial charge in [0.05, 0.1) is 5.56 Å². The third-order valence-electron chi connectivity index (χ3n) is 4.69. The lowest BCUT2D eigenvalue weighted by Crippen LogP contribution is -2.28. The van der Waals surface area contributed by atoms with E-state index in [-0.39, 0.29) is 12.5 Å². The minimum Gasteiger partial charge on any atom is -0.452 e. The number of aromatic nitrogens is 1. The van der Waals surface area contributed by atoms with E-state index in [0.29, 0.717) is 12.1 Å². The van der Waals surface area contributed by atoms with Gasteiger partial charge >= 0.3 is 5.97 Å². The number of esters is 1. The zero-order valence-corrected chi connectivity index (χ0v) is 17.9. The van der Waals surface area contributed by atoms with Gasteiger partial charge in [0, 0.05) is 43.6 Å². The van der Waals surface area contributed by atoms with Crippen LogP contribution < -0.4 is 10.2 Å². The fraction of sp³-hybridized carbons (Fsp3) is 0.273. The lowest BCUT2D eigenvalue weighted by molar-refractivity contribution is -0.124. The summed E-state index contributed by atoms with van der Waals surface area (Å²) in [5.74, 6) is -0.816. The summed E-state index contributed by atoms with van der Waals surface area (Å²) < 4.78 is 7.19. The number of benzene rings is 1. The van der Waals surface area contributed by atoms with Crippen LogP contribution in [0.3, 0.4) is 0 Å². The van der Waals surface area contributed by atoms with Crippen LogP contribution in [-0.2, 0) is 16.1 Å². The van der Waals surface area contributed by atoms with Crippen LogP contribution >= 0.6 is 11.3 Å². The molecule has 0 aliphatic heterocycles. The van der Waals surface area contributed by atoms with Crippen LogP contribution in [0.2, 0.25) is 0 Å². The maximum Gasteiger partial charge on any atom is 0.341 e. The highest BCUT2D eigenvalue weighted by atomic mass is 32.1. The first-order valence-electron chi connectivity index (χ1n) is 9.30. The molecule has 2 aromatic heterocycles. The summed E-state index contributed by atoms with van der Waals surface area (Å²) >= 11 is 1.53. The Morgan fingerprint density at radius 2 is 1.76 bits per heavy atom. The molecule has 152 valence electrons. The number of aryl methyl sites for hydroxylation is 1. The number of hydrogen-bond donors (Lipinski definition) is 1. The number of nitrogens with zero attached hydrogens (tertiary/aromatic N) is 2. The van der Waals surface area contributed by atoms with E-state index in [2.05, 4.69) is 5.32 Å². The van der Waals surface area contributed by atoms with Gasteiger partial charge in [0.25, 0.3) is 5.91 Å². The molecule has 0 saturated heterocycles. The fourth-order valence-electron chi connectivity index (χ4n) is 2.87. The normalized spacial score (nSPS) is 10.6. The highest BCUT2D eigenvalue weighted by Crippen LogP contribution is 2.31. The molecule has 0 spiro atoms. The Hall–Kier alpha value is -3.06. The van der Waals surface area contributed by atoms with E-state index in [1.165, 1.54) is 11.3 Å². The topological polar surface area (TPSA) is 63.6 Å². The van der Waals surface area contributed by atoms with Gasteiger partial charge in [-0.25, -0.2) is 4.79 Å². The van der Waals surface area contributed by atoms with Crippen molar-refractivity contribution in [1.29, 1.82) is 0 Å². The number of carbonyl (C=O) groups is 2. The number of anilines is 1. The average molecular weight is 412 g/mol. The summed E-state index contributed by atoms with van der Waals surface area (Å²) in [6.07, 6.45) is 3.77. The zero-order valence-electron chi connectivity index (χ0n) is 17.1. The predicted octanol–water partition coefficient (Wildman–Crippen LogP) is 3.69. The SMILES string of the molecule is Cc1sc(-n2cccc2)c(C(=O)OCC(=O)NCc2ccc(N(C)C)cc2)c1C. The van der Waals surface area contributed by atoms with Crippen molar-refractivity contribution in [2.75, 3.05) is 25.6 Å². The Balaban J connectivity index is 1.57. The van der Waals surface area contributed by atoms with Gasteiger partial charge in [-0.1, -0.05) is 12.1 Å². The van der Waals surface area contributed by atoms with E-state index in [1.54, 1.807) is 0 Å². The molecule has 0 aliphatic rings. The molecule has 0 atom stereocenters. The van der Waals surface area contributed by atoms with Crippen molar-refractivity contribution in [1.82, 2.24) is 9.88 Å². The fourth-order valence-corrected chi connectivity index (χ4v) is 3.98. The van der Waals surface area contributed by atoms with Crippen LogP contribution in [0.5, 0.6) is 0 Å². The molecule has 0 saturated carbocycles. The summed E-state index contributed by atoms with van der Waals surface area (Å²) in [5, 5.41) is 3.59. The molecule has 6 nitrogen and oxygen atoms in total. The van der Waals surface area contributed by atoms with Gasteiger partial charge in [-0.3, -0.25) is 4.79 Å². The monoisotopic (exact) mass is 411 g/mol. The maximum atomic E-state index is 12.7. The highest BCUT2D eigenvalue weighted by Gasteiger charge is 2.22. The Labute approximate surface area is 174 Å². The van der Waals surface area contributed by atoms with E-state index < -0.39 is 5.97 Å². The molecule has 1 amide bonds. The van der Waals surface area contributed by atoms with Crippen molar-refractivity contribution in [2.24, 2.45) is 0 Å². The van der Waals surface area contributed by atoms with Crippen molar-refractivity contribution >= 4 is 28.9 Å². The first-order valence-corrected chi connectivity index (χ1v) is 10.1. The van der Waals surface area contributed by atoms with Crippen LogP contribution in [-0.4, -0.2) is 37.1 Å². The average Bonchev–Trinajstić information content (AvgIpc) is 3.33. The zero-order chi connectivity index (χ0) is 21.0. The summed E-state index contributed by atoms with van der Waals surface area (Å²) in [6, 6.07) is 11.7. The number of carbonyl (C=O) groups excluding carboxylic acids is 2. The van der Waals surface area contributed by atoms with Gasteiger partial charge in [0.2, 0.25) is 0 Å². The second kappa shape index (κ2) is 8.96. The van der Waals surface area contributed by atoms with Crippen molar-refractivity contribution in [3.05, 3.63) is 70.4 Å². The molecule has 2 heterocycles. The molecule has 0 bridgehead atoms. The number of nitrogens with one attached hydrogen (secondary N) is 1. The summed E-state index contributed by atoms with van der Waals surface area (Å²) in [5.41, 5.74) is 3.46. The summed E-state index contributed by atoms with van der Waals surface area (Å²) in [7, 11) is 3.95. The Bertz CT molecular complexity index is 989. The Morgan fingerprint density at radius 1 is 1.10 bits per heavy atom. The molecular weight excluding hydrogens is 386 g/mol. The van der Waals surface area contributed by atoms with Crippen LogP contribution in [0, 0.1) is 13.8 Å².